The Kier molecular flexibility index (Phi) is 8.74. The molecule has 12 heteroatoms. The lowest BCUT2D eigenvalue weighted by molar-refractivity contribution is -0.142. The summed E-state index contributed by atoms with van der Waals surface area (Å²) >= 11 is 13.6. The van der Waals surface area contributed by atoms with E-state index in [9.17, 15) is 29.4 Å². The molecule has 1 saturated heterocycles. The van der Waals surface area contributed by atoms with Crippen LogP contribution < -0.4 is 10.6 Å². The Bertz CT molecular complexity index is 1220. The summed E-state index contributed by atoms with van der Waals surface area (Å²) < 4.78 is 0. The Balaban J connectivity index is 1.41. The molecule has 1 saturated carbocycles. The Morgan fingerprint density at radius 1 is 1.00 bits per heavy atom. The number of benzene rings is 2. The summed E-state index contributed by atoms with van der Waals surface area (Å²) in [5.41, 5.74) is 1.19. The number of rotatable bonds is 7. The molecule has 202 valence electrons. The number of carboxylic acids is 1. The summed E-state index contributed by atoms with van der Waals surface area (Å²) in [4.78, 5) is 50.4. The second-order valence-corrected chi connectivity index (χ2v) is 11.5. The number of carbonyl (C=O) groups excluding carboxylic acids is 2. The van der Waals surface area contributed by atoms with Crippen LogP contribution in [0.4, 0.5) is 10.5 Å². The van der Waals surface area contributed by atoms with Gasteiger partial charge in [-0.05, 0) is 42.7 Å². The van der Waals surface area contributed by atoms with E-state index in [4.69, 9.17) is 23.2 Å². The largest absolute Gasteiger partial charge is 0.480 e. The maximum absolute atomic E-state index is 13.1. The van der Waals surface area contributed by atoms with Gasteiger partial charge in [0.2, 0.25) is 5.91 Å². The number of carboxylic acid groups (broad SMARTS) is 2. The first-order valence-electron chi connectivity index (χ1n) is 12.1. The quantitative estimate of drug-likeness (QED) is 0.357. The van der Waals surface area contributed by atoms with Crippen molar-refractivity contribution in [2.45, 2.75) is 55.5 Å². The summed E-state index contributed by atoms with van der Waals surface area (Å²) in [6, 6.07) is 9.01. The number of aliphatic carboxylic acids is 1. The van der Waals surface area contributed by atoms with Crippen LogP contribution in [0.5, 0.6) is 0 Å². The summed E-state index contributed by atoms with van der Waals surface area (Å²) in [6.07, 6.45) is 2.99. The molecule has 0 radical (unpaired) electrons. The number of anilines is 1. The van der Waals surface area contributed by atoms with Crippen LogP contribution in [0.2, 0.25) is 10.0 Å². The minimum atomic E-state index is -1.26. The lowest BCUT2D eigenvalue weighted by atomic mass is 9.92. The van der Waals surface area contributed by atoms with E-state index >= 15 is 0 Å². The molecule has 9 nitrogen and oxygen atoms in total. The van der Waals surface area contributed by atoms with Gasteiger partial charge < -0.3 is 20.8 Å². The van der Waals surface area contributed by atoms with Gasteiger partial charge in [-0.3, -0.25) is 14.5 Å². The third kappa shape index (κ3) is 6.03. The van der Waals surface area contributed by atoms with E-state index in [2.05, 4.69) is 10.6 Å². The second kappa shape index (κ2) is 11.8. The Hall–Kier alpha value is -2.95. The Labute approximate surface area is 233 Å². The lowest BCUT2D eigenvalue weighted by Crippen LogP contribution is -2.57. The summed E-state index contributed by atoms with van der Waals surface area (Å²) in [7, 11) is 0. The SMILES string of the molecule is O=C(Nc1ccc(C[C@H](NC(=O)[C@@H]2CSC3(CCCCC3)N2C(=O)O)C(=O)O)cc1)c1c(Cl)cccc1Cl. The highest BCUT2D eigenvalue weighted by molar-refractivity contribution is 8.01. The predicted molar refractivity (Wildman–Crippen MR) is 146 cm³/mol. The number of hydrogen-bond donors (Lipinski definition) is 4. The van der Waals surface area contributed by atoms with E-state index in [-0.39, 0.29) is 27.8 Å². The first-order chi connectivity index (χ1) is 18.1. The molecule has 1 aliphatic heterocycles. The van der Waals surface area contributed by atoms with E-state index in [1.165, 1.54) is 16.7 Å². The van der Waals surface area contributed by atoms with Crippen LogP contribution in [-0.4, -0.2) is 61.7 Å². The van der Waals surface area contributed by atoms with Gasteiger partial charge in [0.25, 0.3) is 5.91 Å². The molecule has 1 spiro atoms. The van der Waals surface area contributed by atoms with Crippen molar-refractivity contribution in [3.63, 3.8) is 0 Å². The van der Waals surface area contributed by atoms with Gasteiger partial charge in [-0.2, -0.15) is 0 Å². The lowest BCUT2D eigenvalue weighted by Gasteiger charge is -2.40. The van der Waals surface area contributed by atoms with Crippen molar-refractivity contribution in [3.8, 4) is 0 Å². The van der Waals surface area contributed by atoms with Crippen LogP contribution in [0.25, 0.3) is 0 Å². The molecule has 2 aliphatic rings. The minimum Gasteiger partial charge on any atom is -0.480 e. The van der Waals surface area contributed by atoms with Crippen LogP contribution in [-0.2, 0) is 16.0 Å². The first kappa shape index (κ1) is 28.1. The molecule has 0 bridgehead atoms. The molecule has 0 aromatic heterocycles. The molecular formula is C26H27Cl2N3O6S. The third-order valence-corrected chi connectivity index (χ3v) is 9.11. The Morgan fingerprint density at radius 3 is 2.21 bits per heavy atom. The fourth-order valence-corrected chi connectivity index (χ4v) is 7.25. The van der Waals surface area contributed by atoms with Crippen LogP contribution in [0.1, 0.15) is 48.0 Å². The molecule has 4 N–H and O–H groups in total. The highest BCUT2D eigenvalue weighted by Gasteiger charge is 2.52. The van der Waals surface area contributed by atoms with Gasteiger partial charge in [-0.25, -0.2) is 9.59 Å². The third-order valence-electron chi connectivity index (χ3n) is 6.86. The Morgan fingerprint density at radius 2 is 1.63 bits per heavy atom. The molecule has 0 unspecified atom stereocenters. The van der Waals surface area contributed by atoms with E-state index < -0.39 is 40.8 Å². The standard InChI is InChI=1S/C26H27Cl2N3O6S/c27-17-5-4-6-18(28)21(17)23(33)29-16-9-7-15(8-10-16)13-19(24(34)35)30-22(32)20-14-38-26(31(20)25(36)37)11-2-1-3-12-26/h4-10,19-20H,1-3,11-14H2,(H,29,33)(H,30,32)(H,34,35)(H,36,37)/t19-,20-/m0/s1. The average molecular weight is 580 g/mol. The van der Waals surface area contributed by atoms with Gasteiger partial charge in [0.1, 0.15) is 12.1 Å². The zero-order chi connectivity index (χ0) is 27.4. The zero-order valence-electron chi connectivity index (χ0n) is 20.3. The van der Waals surface area contributed by atoms with Crippen molar-refractivity contribution in [1.82, 2.24) is 10.2 Å². The van der Waals surface area contributed by atoms with Crippen molar-refractivity contribution in [2.24, 2.45) is 0 Å². The van der Waals surface area contributed by atoms with Crippen molar-refractivity contribution >= 4 is 64.5 Å². The van der Waals surface area contributed by atoms with Crippen molar-refractivity contribution in [1.29, 1.82) is 0 Å². The molecule has 1 aliphatic carbocycles. The van der Waals surface area contributed by atoms with Gasteiger partial charge >= 0.3 is 12.1 Å². The van der Waals surface area contributed by atoms with Crippen LogP contribution in [0, 0.1) is 0 Å². The van der Waals surface area contributed by atoms with Crippen molar-refractivity contribution in [2.75, 3.05) is 11.1 Å². The maximum Gasteiger partial charge on any atom is 0.409 e. The number of nitrogens with zero attached hydrogens (tertiary/aromatic N) is 1. The van der Waals surface area contributed by atoms with Crippen LogP contribution in [0.15, 0.2) is 42.5 Å². The number of thioether (sulfide) groups is 1. The molecule has 2 fully saturated rings. The van der Waals surface area contributed by atoms with Crippen LogP contribution >= 0.6 is 35.0 Å². The predicted octanol–water partition coefficient (Wildman–Crippen LogP) is 5.11. The average Bonchev–Trinajstić information content (AvgIpc) is 3.23. The molecule has 2 aromatic carbocycles. The second-order valence-electron chi connectivity index (χ2n) is 9.34. The number of amides is 3. The van der Waals surface area contributed by atoms with E-state index in [1.54, 1.807) is 42.5 Å². The van der Waals surface area contributed by atoms with Gasteiger partial charge in [-0.1, -0.05) is 60.7 Å². The molecule has 3 amide bonds. The molecule has 38 heavy (non-hydrogen) atoms. The van der Waals surface area contributed by atoms with E-state index in [0.29, 0.717) is 24.1 Å². The maximum atomic E-state index is 13.1. The molecule has 2 aromatic rings. The summed E-state index contributed by atoms with van der Waals surface area (Å²) in [5, 5.41) is 25.3. The number of halogens is 2. The monoisotopic (exact) mass is 579 g/mol. The summed E-state index contributed by atoms with van der Waals surface area (Å²) in [6.45, 7) is 0. The molecule has 4 rings (SSSR count). The van der Waals surface area contributed by atoms with Gasteiger partial charge in [0, 0.05) is 17.9 Å². The topological polar surface area (TPSA) is 136 Å². The highest BCUT2D eigenvalue weighted by atomic mass is 35.5. The summed E-state index contributed by atoms with van der Waals surface area (Å²) in [5.74, 6) is -2.05. The van der Waals surface area contributed by atoms with Gasteiger partial charge in [-0.15, -0.1) is 11.8 Å². The molecule has 2 atom stereocenters. The fraction of sp³-hybridized carbons (Fsp3) is 0.385. The molecule has 1 heterocycles. The zero-order valence-corrected chi connectivity index (χ0v) is 22.6. The number of hydrogen-bond acceptors (Lipinski definition) is 5. The first-order valence-corrected chi connectivity index (χ1v) is 13.9. The van der Waals surface area contributed by atoms with Gasteiger partial charge in [0.05, 0.1) is 20.5 Å². The van der Waals surface area contributed by atoms with Crippen LogP contribution in [0.3, 0.4) is 0 Å². The molecular weight excluding hydrogens is 553 g/mol. The van der Waals surface area contributed by atoms with E-state index in [1.807, 2.05) is 0 Å². The van der Waals surface area contributed by atoms with E-state index in [0.717, 1.165) is 19.3 Å². The smallest absolute Gasteiger partial charge is 0.409 e. The van der Waals surface area contributed by atoms with Crippen molar-refractivity contribution in [3.05, 3.63) is 63.6 Å². The number of carbonyl (C=O) groups is 4. The van der Waals surface area contributed by atoms with Crippen molar-refractivity contribution < 1.29 is 29.4 Å². The fourth-order valence-electron chi connectivity index (χ4n) is 4.99. The normalized spacial score (nSPS) is 19.1. The number of nitrogens with one attached hydrogen (secondary N) is 2. The highest BCUT2D eigenvalue weighted by Crippen LogP contribution is 2.49. The minimum absolute atomic E-state index is 0.0241. The van der Waals surface area contributed by atoms with Gasteiger partial charge in [0.15, 0.2) is 0 Å².